The first-order chi connectivity index (χ1) is 11.2. The fraction of sp³-hybridized carbons (Fsp3) is 0.500. The van der Waals surface area contributed by atoms with Crippen molar-refractivity contribution in [3.63, 3.8) is 0 Å². The van der Waals surface area contributed by atoms with E-state index in [4.69, 9.17) is 5.73 Å². The molecule has 0 aromatic heterocycles. The van der Waals surface area contributed by atoms with Gasteiger partial charge in [-0.1, -0.05) is 32.0 Å². The Morgan fingerprint density at radius 1 is 1.28 bits per heavy atom. The van der Waals surface area contributed by atoms with Crippen LogP contribution in [0.25, 0.3) is 5.73 Å². The van der Waals surface area contributed by atoms with Gasteiger partial charge in [0, 0.05) is 12.1 Å². The summed E-state index contributed by atoms with van der Waals surface area (Å²) in [7, 11) is 0. The summed E-state index contributed by atoms with van der Waals surface area (Å²) in [6.45, 7) is 5.86. The van der Waals surface area contributed by atoms with Crippen molar-refractivity contribution in [3.8, 4) is 0 Å². The van der Waals surface area contributed by atoms with Crippen LogP contribution in [-0.4, -0.2) is 41.2 Å². The molecular weight excluding hydrogens is 395 g/mol. The van der Waals surface area contributed by atoms with Crippen LogP contribution in [0.3, 0.4) is 0 Å². The van der Waals surface area contributed by atoms with Crippen molar-refractivity contribution < 1.29 is 47.1 Å². The molecule has 1 aromatic rings. The smallest absolute Gasteiger partial charge is 0.666 e. The summed E-state index contributed by atoms with van der Waals surface area (Å²) in [5.74, 6) is -1.40. The quantitative estimate of drug-likeness (QED) is 0.813. The summed E-state index contributed by atoms with van der Waals surface area (Å²) in [6.07, 6.45) is 1.47. The molecule has 0 spiro atoms. The van der Waals surface area contributed by atoms with Crippen molar-refractivity contribution in [2.75, 3.05) is 6.54 Å². The van der Waals surface area contributed by atoms with Crippen LogP contribution in [0, 0.1) is 5.41 Å². The molecule has 1 aliphatic heterocycles. The van der Waals surface area contributed by atoms with Crippen LogP contribution in [0.1, 0.15) is 44.0 Å². The molecule has 2 atom stereocenters. The summed E-state index contributed by atoms with van der Waals surface area (Å²) in [5, 5.41) is 2.84. The number of amides is 3. The monoisotopic (exact) mass is 419 g/mol. The van der Waals surface area contributed by atoms with E-state index >= 15 is 0 Å². The van der Waals surface area contributed by atoms with Crippen molar-refractivity contribution in [2.24, 2.45) is 5.41 Å². The van der Waals surface area contributed by atoms with E-state index in [9.17, 15) is 14.4 Å². The van der Waals surface area contributed by atoms with E-state index in [2.05, 4.69) is 5.32 Å². The molecule has 0 aliphatic carbocycles. The van der Waals surface area contributed by atoms with Gasteiger partial charge < -0.3 is 20.7 Å². The standard InChI is InChI=1S/C18H25N3O3.Y/c1-12(15(19)22)21-11-7-10-18(2,3)14(17(21)24)20-16(23)13-8-5-4-6-9-13;/h4-6,8-9,12,14H,7,10-11H2,1-3H3,(H3,19,20,22,23);/q;+3/p-1. The van der Waals surface area contributed by atoms with E-state index in [0.29, 0.717) is 12.1 Å². The van der Waals surface area contributed by atoms with Crippen LogP contribution in [0.4, 0.5) is 0 Å². The van der Waals surface area contributed by atoms with Crippen LogP contribution in [0.5, 0.6) is 0 Å². The van der Waals surface area contributed by atoms with Crippen molar-refractivity contribution in [3.05, 3.63) is 41.6 Å². The zero-order chi connectivity index (χ0) is 17.9. The van der Waals surface area contributed by atoms with Gasteiger partial charge in [0.1, 0.15) is 6.04 Å². The first-order valence-electron chi connectivity index (χ1n) is 8.16. The fourth-order valence-electron chi connectivity index (χ4n) is 3.05. The minimum Gasteiger partial charge on any atom is -0.666 e. The third kappa shape index (κ3) is 5.11. The Kier molecular flexibility index (Phi) is 7.75. The van der Waals surface area contributed by atoms with Crippen molar-refractivity contribution in [1.29, 1.82) is 0 Å². The Labute approximate surface area is 173 Å². The van der Waals surface area contributed by atoms with Gasteiger partial charge in [-0.05, 0) is 37.3 Å². The van der Waals surface area contributed by atoms with Gasteiger partial charge in [-0.2, -0.15) is 0 Å². The van der Waals surface area contributed by atoms with Crippen LogP contribution in [0.2, 0.25) is 0 Å². The fourth-order valence-corrected chi connectivity index (χ4v) is 3.05. The van der Waals surface area contributed by atoms with Crippen LogP contribution in [0.15, 0.2) is 30.3 Å². The van der Waals surface area contributed by atoms with E-state index in [-0.39, 0.29) is 44.5 Å². The van der Waals surface area contributed by atoms with E-state index in [1.54, 1.807) is 31.2 Å². The molecule has 7 heteroatoms. The van der Waals surface area contributed by atoms with Gasteiger partial charge in [-0.3, -0.25) is 9.59 Å². The largest absolute Gasteiger partial charge is 3.00 e. The SMILES string of the molecule is CC(C([NH-])=O)N1CCCC(C)(C)C(NC(=O)c2ccccc2)C1=O.[Y+3]. The van der Waals surface area contributed by atoms with Gasteiger partial charge in [0.2, 0.25) is 5.91 Å². The molecule has 0 saturated carbocycles. The Bertz CT molecular complexity index is 634. The number of likely N-dealkylation sites (tertiary alicyclic amines) is 1. The van der Waals surface area contributed by atoms with Gasteiger partial charge >= 0.3 is 32.7 Å². The minimum atomic E-state index is -0.803. The number of carbonyl (C=O) groups is 3. The summed E-state index contributed by atoms with van der Waals surface area (Å²) >= 11 is 0. The summed E-state index contributed by atoms with van der Waals surface area (Å²) in [4.78, 5) is 38.2. The van der Waals surface area contributed by atoms with E-state index in [1.807, 2.05) is 19.9 Å². The molecule has 130 valence electrons. The Morgan fingerprint density at radius 3 is 2.44 bits per heavy atom. The molecule has 2 N–H and O–H groups in total. The molecule has 1 heterocycles. The molecule has 1 fully saturated rings. The Hall–Kier alpha value is -1.27. The van der Waals surface area contributed by atoms with Gasteiger partial charge in [-0.15, -0.1) is 0 Å². The van der Waals surface area contributed by atoms with Gasteiger partial charge in [0.05, 0.1) is 11.9 Å². The number of rotatable bonds is 4. The topological polar surface area (TPSA) is 90.3 Å². The molecule has 0 radical (unpaired) electrons. The van der Waals surface area contributed by atoms with E-state index < -0.39 is 23.4 Å². The molecule has 2 unspecified atom stereocenters. The second kappa shape index (κ2) is 8.90. The normalized spacial score (nSPS) is 20.8. The van der Waals surface area contributed by atoms with Crippen molar-refractivity contribution in [2.45, 2.75) is 45.7 Å². The predicted molar refractivity (Wildman–Crippen MR) is 91.2 cm³/mol. The van der Waals surface area contributed by atoms with Crippen LogP contribution in [-0.2, 0) is 42.3 Å². The van der Waals surface area contributed by atoms with Gasteiger partial charge in [-0.25, -0.2) is 0 Å². The van der Waals surface area contributed by atoms with Crippen LogP contribution >= 0.6 is 0 Å². The minimum absolute atomic E-state index is 0. The van der Waals surface area contributed by atoms with E-state index in [0.717, 1.165) is 12.8 Å². The number of carbonyl (C=O) groups excluding carboxylic acids is 3. The summed E-state index contributed by atoms with van der Waals surface area (Å²) < 4.78 is 0. The number of hydrogen-bond acceptors (Lipinski definition) is 3. The maximum absolute atomic E-state index is 12.9. The maximum atomic E-state index is 12.9. The van der Waals surface area contributed by atoms with Gasteiger partial charge in [0.15, 0.2) is 0 Å². The summed E-state index contributed by atoms with van der Waals surface area (Å²) in [6, 6.07) is 7.21. The zero-order valence-corrected chi connectivity index (χ0v) is 17.8. The number of hydrogen-bond donors (Lipinski definition) is 1. The molecule has 25 heavy (non-hydrogen) atoms. The van der Waals surface area contributed by atoms with Gasteiger partial charge in [0.25, 0.3) is 5.91 Å². The third-order valence-corrected chi connectivity index (χ3v) is 4.69. The van der Waals surface area contributed by atoms with Crippen LogP contribution < -0.4 is 5.32 Å². The number of nitrogens with zero attached hydrogens (tertiary/aromatic N) is 1. The zero-order valence-electron chi connectivity index (χ0n) is 14.9. The molecule has 2 rings (SSSR count). The molecule has 3 amide bonds. The number of nitrogens with one attached hydrogen (secondary N) is 2. The Morgan fingerprint density at radius 2 is 1.88 bits per heavy atom. The summed E-state index contributed by atoms with van der Waals surface area (Å²) in [5.41, 5.74) is 7.36. The van der Waals surface area contributed by atoms with Crippen molar-refractivity contribution >= 4 is 17.7 Å². The number of benzene rings is 1. The first-order valence-corrected chi connectivity index (χ1v) is 8.16. The molecule has 6 nitrogen and oxygen atoms in total. The molecule has 0 bridgehead atoms. The molecular formula is C18H24N3O3Y+2. The van der Waals surface area contributed by atoms with Crippen molar-refractivity contribution in [1.82, 2.24) is 10.2 Å². The predicted octanol–water partition coefficient (Wildman–Crippen LogP) is 2.40. The molecule has 1 aromatic carbocycles. The third-order valence-electron chi connectivity index (χ3n) is 4.69. The van der Waals surface area contributed by atoms with E-state index in [1.165, 1.54) is 4.90 Å². The average Bonchev–Trinajstić information content (AvgIpc) is 2.65. The first kappa shape index (κ1) is 21.8. The molecule has 1 aliphatic rings. The second-order valence-corrected chi connectivity index (χ2v) is 6.94. The second-order valence-electron chi connectivity index (χ2n) is 6.94. The Balaban J connectivity index is 0.00000312. The average molecular weight is 419 g/mol. The molecule has 1 saturated heterocycles. The maximum Gasteiger partial charge on any atom is 3.00 e.